The van der Waals surface area contributed by atoms with Crippen molar-refractivity contribution in [2.24, 2.45) is 0 Å². The van der Waals surface area contributed by atoms with E-state index in [1.807, 2.05) is 30.3 Å². The van der Waals surface area contributed by atoms with E-state index in [0.29, 0.717) is 24.5 Å². The fraction of sp³-hybridized carbons (Fsp3) is 0.333. The van der Waals surface area contributed by atoms with Gasteiger partial charge >= 0.3 is 5.97 Å². The van der Waals surface area contributed by atoms with Crippen LogP contribution in [0, 0.1) is 5.82 Å². The molecule has 1 aromatic heterocycles. The molecule has 1 fully saturated rings. The summed E-state index contributed by atoms with van der Waals surface area (Å²) in [6.45, 7) is 4.19. The highest BCUT2D eigenvalue weighted by molar-refractivity contribution is 5.83. The van der Waals surface area contributed by atoms with Gasteiger partial charge in [-0.15, -0.1) is 0 Å². The molecule has 4 rings (SSSR count). The van der Waals surface area contributed by atoms with E-state index in [1.54, 1.807) is 24.0 Å². The van der Waals surface area contributed by atoms with Crippen LogP contribution in [0.4, 0.5) is 10.1 Å². The molecule has 9 heteroatoms. The highest BCUT2D eigenvalue weighted by Gasteiger charge is 2.27. The first-order valence-corrected chi connectivity index (χ1v) is 10.9. The molecule has 0 bridgehead atoms. The van der Waals surface area contributed by atoms with Gasteiger partial charge in [0.05, 0.1) is 6.42 Å². The fourth-order valence-corrected chi connectivity index (χ4v) is 3.67. The van der Waals surface area contributed by atoms with Crippen LogP contribution in [0.1, 0.15) is 19.2 Å². The third-order valence-electron chi connectivity index (χ3n) is 5.48. The van der Waals surface area contributed by atoms with Gasteiger partial charge in [-0.25, -0.2) is 4.39 Å². The van der Waals surface area contributed by atoms with E-state index in [0.717, 1.165) is 18.8 Å². The molecule has 1 unspecified atom stereocenters. The van der Waals surface area contributed by atoms with Crippen LogP contribution in [-0.2, 0) is 20.7 Å². The van der Waals surface area contributed by atoms with Crippen LogP contribution in [0.25, 0.3) is 11.4 Å². The summed E-state index contributed by atoms with van der Waals surface area (Å²) >= 11 is 0. The van der Waals surface area contributed by atoms with Crippen molar-refractivity contribution in [1.29, 1.82) is 0 Å². The summed E-state index contributed by atoms with van der Waals surface area (Å²) in [7, 11) is 0. The van der Waals surface area contributed by atoms with Gasteiger partial charge in [-0.05, 0) is 43.3 Å². The Morgan fingerprint density at radius 1 is 1.06 bits per heavy atom. The lowest BCUT2D eigenvalue weighted by Gasteiger charge is -2.37. The number of piperazine rings is 1. The number of hydrogen-bond acceptors (Lipinski definition) is 7. The number of rotatable bonds is 7. The number of anilines is 1. The molecular weight excluding hydrogens is 427 g/mol. The molecule has 3 aromatic rings. The summed E-state index contributed by atoms with van der Waals surface area (Å²) < 4.78 is 23.5. The number of halogens is 1. The molecular formula is C24H25FN4O4. The number of nitrogens with zero attached hydrogens (tertiary/aromatic N) is 4. The smallest absolute Gasteiger partial charge is 0.307 e. The second-order valence-electron chi connectivity index (χ2n) is 7.80. The molecule has 0 aliphatic carbocycles. The average molecular weight is 452 g/mol. The molecule has 2 aromatic carbocycles. The van der Waals surface area contributed by atoms with Crippen LogP contribution >= 0.6 is 0 Å². The largest absolute Gasteiger partial charge is 0.453 e. The lowest BCUT2D eigenvalue weighted by molar-refractivity contribution is -0.159. The number of hydrogen-bond donors (Lipinski definition) is 0. The maximum absolute atomic E-state index is 13.0. The molecule has 2 heterocycles. The van der Waals surface area contributed by atoms with Gasteiger partial charge in [0.1, 0.15) is 5.82 Å². The number of para-hydroxylation sites is 1. The Labute approximate surface area is 190 Å². The van der Waals surface area contributed by atoms with Crippen molar-refractivity contribution < 1.29 is 23.2 Å². The third kappa shape index (κ3) is 5.74. The number of carbonyl (C=O) groups excluding carboxylic acids is 2. The van der Waals surface area contributed by atoms with Crippen LogP contribution < -0.4 is 4.90 Å². The summed E-state index contributed by atoms with van der Waals surface area (Å²) in [6, 6.07) is 15.8. The van der Waals surface area contributed by atoms with Gasteiger partial charge in [-0.2, -0.15) is 4.98 Å². The van der Waals surface area contributed by atoms with E-state index < -0.39 is 12.1 Å². The molecule has 1 saturated heterocycles. The van der Waals surface area contributed by atoms with Crippen LogP contribution in [0.15, 0.2) is 59.1 Å². The van der Waals surface area contributed by atoms with Crippen LogP contribution in [0.2, 0.25) is 0 Å². The molecule has 0 radical (unpaired) electrons. The summed E-state index contributed by atoms with van der Waals surface area (Å²) in [5.74, 6) is -0.487. The quantitative estimate of drug-likeness (QED) is 0.509. The van der Waals surface area contributed by atoms with Crippen molar-refractivity contribution in [3.63, 3.8) is 0 Å². The predicted molar refractivity (Wildman–Crippen MR) is 119 cm³/mol. The van der Waals surface area contributed by atoms with E-state index >= 15 is 0 Å². The van der Waals surface area contributed by atoms with Crippen molar-refractivity contribution in [2.45, 2.75) is 25.9 Å². The molecule has 1 amide bonds. The molecule has 33 heavy (non-hydrogen) atoms. The molecule has 1 atom stereocenters. The van der Waals surface area contributed by atoms with Crippen LogP contribution in [0.5, 0.6) is 0 Å². The first-order chi connectivity index (χ1) is 16.0. The van der Waals surface area contributed by atoms with E-state index in [4.69, 9.17) is 9.26 Å². The Bertz CT molecular complexity index is 1080. The summed E-state index contributed by atoms with van der Waals surface area (Å²) in [4.78, 5) is 33.1. The van der Waals surface area contributed by atoms with Gasteiger partial charge in [-0.3, -0.25) is 9.59 Å². The Morgan fingerprint density at radius 2 is 1.76 bits per heavy atom. The van der Waals surface area contributed by atoms with Crippen molar-refractivity contribution in [3.8, 4) is 11.4 Å². The number of esters is 1. The second kappa shape index (κ2) is 10.2. The average Bonchev–Trinajstić information content (AvgIpc) is 3.32. The van der Waals surface area contributed by atoms with Gasteiger partial charge < -0.3 is 19.1 Å². The van der Waals surface area contributed by atoms with Gasteiger partial charge in [0.15, 0.2) is 6.10 Å². The van der Waals surface area contributed by atoms with Gasteiger partial charge in [0.2, 0.25) is 11.7 Å². The normalized spacial score (nSPS) is 14.7. The molecule has 172 valence electrons. The zero-order valence-corrected chi connectivity index (χ0v) is 18.3. The van der Waals surface area contributed by atoms with Crippen molar-refractivity contribution in [2.75, 3.05) is 31.1 Å². The SMILES string of the molecule is CC(OC(=O)CCc1nc(-c2ccc(F)cc2)no1)C(=O)N1CCN(c2ccccc2)CC1. The zero-order chi connectivity index (χ0) is 23.2. The topological polar surface area (TPSA) is 88.8 Å². The molecule has 1 aliphatic heterocycles. The van der Waals surface area contributed by atoms with E-state index in [9.17, 15) is 14.0 Å². The maximum atomic E-state index is 13.0. The molecule has 1 aliphatic rings. The Morgan fingerprint density at radius 3 is 2.45 bits per heavy atom. The molecule has 0 spiro atoms. The highest BCUT2D eigenvalue weighted by atomic mass is 19.1. The van der Waals surface area contributed by atoms with E-state index in [-0.39, 0.29) is 30.5 Å². The van der Waals surface area contributed by atoms with Gasteiger partial charge in [0.25, 0.3) is 5.91 Å². The van der Waals surface area contributed by atoms with Crippen molar-refractivity contribution in [1.82, 2.24) is 15.0 Å². The minimum atomic E-state index is -0.863. The van der Waals surface area contributed by atoms with E-state index in [1.165, 1.54) is 12.1 Å². The standard InChI is InChI=1S/C24H25FN4O4/c1-17(24(31)29-15-13-28(14-16-29)20-5-3-2-4-6-20)32-22(30)12-11-21-26-23(27-33-21)18-7-9-19(25)10-8-18/h2-10,17H,11-16H2,1H3. The molecule has 8 nitrogen and oxygen atoms in total. The third-order valence-corrected chi connectivity index (χ3v) is 5.48. The lowest BCUT2D eigenvalue weighted by atomic mass is 10.2. The monoisotopic (exact) mass is 452 g/mol. The Kier molecular flexibility index (Phi) is 6.97. The van der Waals surface area contributed by atoms with Crippen molar-refractivity contribution >= 4 is 17.6 Å². The van der Waals surface area contributed by atoms with Gasteiger partial charge in [-0.1, -0.05) is 23.4 Å². The van der Waals surface area contributed by atoms with Gasteiger partial charge in [0, 0.05) is 43.9 Å². The van der Waals surface area contributed by atoms with Crippen LogP contribution in [-0.4, -0.2) is 59.2 Å². The highest BCUT2D eigenvalue weighted by Crippen LogP contribution is 2.18. The number of aryl methyl sites for hydroxylation is 1. The lowest BCUT2D eigenvalue weighted by Crippen LogP contribution is -2.51. The number of amides is 1. The summed E-state index contributed by atoms with van der Waals surface area (Å²) in [6.07, 6.45) is -0.674. The fourth-order valence-electron chi connectivity index (χ4n) is 3.67. The minimum Gasteiger partial charge on any atom is -0.453 e. The van der Waals surface area contributed by atoms with Crippen LogP contribution in [0.3, 0.4) is 0 Å². The maximum Gasteiger partial charge on any atom is 0.307 e. The minimum absolute atomic E-state index is 0.00442. The predicted octanol–water partition coefficient (Wildman–Crippen LogP) is 3.09. The molecule has 0 N–H and O–H groups in total. The molecule has 0 saturated carbocycles. The Balaban J connectivity index is 1.22. The van der Waals surface area contributed by atoms with E-state index in [2.05, 4.69) is 15.0 Å². The number of benzene rings is 2. The summed E-state index contributed by atoms with van der Waals surface area (Å²) in [5, 5.41) is 3.85. The first kappa shape index (κ1) is 22.4. The van der Waals surface area contributed by atoms with Crippen molar-refractivity contribution in [3.05, 3.63) is 66.3 Å². The Hall–Kier alpha value is -3.75. The number of aromatic nitrogens is 2. The zero-order valence-electron chi connectivity index (χ0n) is 18.3. The first-order valence-electron chi connectivity index (χ1n) is 10.9. The summed E-state index contributed by atoms with van der Waals surface area (Å²) in [5.41, 5.74) is 1.74. The second-order valence-corrected chi connectivity index (χ2v) is 7.80. The number of carbonyl (C=O) groups is 2. The number of ether oxygens (including phenoxy) is 1.